The zero-order valence-corrected chi connectivity index (χ0v) is 15.7. The lowest BCUT2D eigenvalue weighted by atomic mass is 9.95. The summed E-state index contributed by atoms with van der Waals surface area (Å²) < 4.78 is 5.98. The van der Waals surface area contributed by atoms with Crippen molar-refractivity contribution in [2.24, 2.45) is 0 Å². The van der Waals surface area contributed by atoms with E-state index in [-0.39, 0.29) is 5.60 Å². The number of benzene rings is 1. The molecule has 2 aromatic heterocycles. The first-order valence-corrected chi connectivity index (χ1v) is 9.68. The summed E-state index contributed by atoms with van der Waals surface area (Å²) >= 11 is 6.32. The van der Waals surface area contributed by atoms with Crippen molar-refractivity contribution < 1.29 is 4.74 Å². The van der Waals surface area contributed by atoms with Gasteiger partial charge in [-0.15, -0.1) is 0 Å². The first-order chi connectivity index (χ1) is 13.2. The number of aromatic amines is 1. The van der Waals surface area contributed by atoms with Gasteiger partial charge in [0.2, 0.25) is 0 Å². The van der Waals surface area contributed by atoms with Crippen LogP contribution < -0.4 is 10.2 Å². The quantitative estimate of drug-likeness (QED) is 0.707. The Hall–Kier alpha value is -2.22. The van der Waals surface area contributed by atoms with Gasteiger partial charge in [-0.2, -0.15) is 5.10 Å². The van der Waals surface area contributed by atoms with E-state index >= 15 is 0 Å². The van der Waals surface area contributed by atoms with Crippen LogP contribution in [-0.2, 0) is 4.74 Å². The molecule has 0 amide bonds. The Morgan fingerprint density at radius 3 is 2.96 bits per heavy atom. The van der Waals surface area contributed by atoms with E-state index in [1.54, 1.807) is 0 Å². The second-order valence-electron chi connectivity index (χ2n) is 7.22. The summed E-state index contributed by atoms with van der Waals surface area (Å²) in [5, 5.41) is 11.4. The van der Waals surface area contributed by atoms with Crippen molar-refractivity contribution in [3.63, 3.8) is 0 Å². The smallest absolute Gasteiger partial charge is 0.177 e. The van der Waals surface area contributed by atoms with Gasteiger partial charge in [-0.25, -0.2) is 9.97 Å². The molecule has 0 bridgehead atoms. The van der Waals surface area contributed by atoms with Crippen molar-refractivity contribution in [2.75, 3.05) is 31.3 Å². The maximum Gasteiger partial charge on any atom is 0.177 e. The van der Waals surface area contributed by atoms with Crippen molar-refractivity contribution >= 4 is 28.6 Å². The van der Waals surface area contributed by atoms with Crippen LogP contribution in [0.3, 0.4) is 0 Å². The van der Waals surface area contributed by atoms with Crippen molar-refractivity contribution in [2.45, 2.75) is 24.9 Å². The van der Waals surface area contributed by atoms with E-state index in [0.29, 0.717) is 17.4 Å². The predicted molar refractivity (Wildman–Crippen MR) is 105 cm³/mol. The molecular weight excluding hydrogens is 364 g/mol. The molecule has 2 aliphatic heterocycles. The van der Waals surface area contributed by atoms with E-state index in [0.717, 1.165) is 61.5 Å². The number of nitrogens with zero attached hydrogens (tertiary/aromatic N) is 4. The zero-order valence-electron chi connectivity index (χ0n) is 14.9. The molecule has 2 aliphatic rings. The van der Waals surface area contributed by atoms with E-state index in [2.05, 4.69) is 25.4 Å². The molecular formula is C19H21ClN6O. The number of fused-ring (bicyclic) bond motifs is 1. The highest BCUT2D eigenvalue weighted by molar-refractivity contribution is 6.33. The predicted octanol–water partition coefficient (Wildman–Crippen LogP) is 2.98. The minimum absolute atomic E-state index is 0.0164. The summed E-state index contributed by atoms with van der Waals surface area (Å²) in [6.07, 6.45) is 4.99. The minimum Gasteiger partial charge on any atom is -0.358 e. The van der Waals surface area contributed by atoms with E-state index in [4.69, 9.17) is 21.3 Å². The van der Waals surface area contributed by atoms with Crippen LogP contribution in [0.5, 0.6) is 0 Å². The van der Waals surface area contributed by atoms with Gasteiger partial charge in [-0.3, -0.25) is 10.4 Å². The number of hydrogen-bond acceptors (Lipinski definition) is 6. The lowest BCUT2D eigenvalue weighted by Gasteiger charge is -2.26. The fourth-order valence-electron chi connectivity index (χ4n) is 4.04. The monoisotopic (exact) mass is 384 g/mol. The van der Waals surface area contributed by atoms with Gasteiger partial charge in [0, 0.05) is 25.2 Å². The van der Waals surface area contributed by atoms with Crippen LogP contribution in [0.2, 0.25) is 5.02 Å². The number of anilines is 1. The molecule has 5 rings (SSSR count). The van der Waals surface area contributed by atoms with Crippen LogP contribution in [-0.4, -0.2) is 52.1 Å². The van der Waals surface area contributed by atoms with Gasteiger partial charge in [0.05, 0.1) is 23.6 Å². The molecule has 27 heavy (non-hydrogen) atoms. The van der Waals surface area contributed by atoms with Gasteiger partial charge in [0.25, 0.3) is 0 Å². The molecule has 2 N–H and O–H groups in total. The van der Waals surface area contributed by atoms with Crippen LogP contribution >= 0.6 is 11.6 Å². The molecule has 0 radical (unpaired) electrons. The molecule has 0 aliphatic carbocycles. The molecule has 1 unspecified atom stereocenters. The summed E-state index contributed by atoms with van der Waals surface area (Å²) in [6.45, 7) is 3.46. The highest BCUT2D eigenvalue weighted by Gasteiger charge is 2.36. The van der Waals surface area contributed by atoms with E-state index in [1.807, 2.05) is 30.5 Å². The Labute approximate surface area is 162 Å². The number of nitrogens with one attached hydrogen (secondary N) is 2. The molecule has 1 aromatic carbocycles. The van der Waals surface area contributed by atoms with E-state index < -0.39 is 0 Å². The average Bonchev–Trinajstić information content (AvgIpc) is 3.26. The van der Waals surface area contributed by atoms with Gasteiger partial charge in [-0.1, -0.05) is 29.8 Å². The SMILES string of the molecule is Clc1ccccc1-c1n[nH]c2nc(N3CCCC4(CC3)CNCO4)cnc12. The van der Waals surface area contributed by atoms with E-state index in [1.165, 1.54) is 0 Å². The Kier molecular flexibility index (Phi) is 4.22. The summed E-state index contributed by atoms with van der Waals surface area (Å²) in [7, 11) is 0. The van der Waals surface area contributed by atoms with Gasteiger partial charge >= 0.3 is 0 Å². The third-order valence-corrected chi connectivity index (χ3v) is 5.87. The van der Waals surface area contributed by atoms with Crippen molar-refractivity contribution in [1.82, 2.24) is 25.5 Å². The normalized spacial score (nSPS) is 23.2. The molecule has 4 heterocycles. The number of aromatic nitrogens is 4. The lowest BCUT2D eigenvalue weighted by Crippen LogP contribution is -2.35. The summed E-state index contributed by atoms with van der Waals surface area (Å²) in [5.74, 6) is 0.875. The van der Waals surface area contributed by atoms with Crippen LogP contribution in [0, 0.1) is 0 Å². The van der Waals surface area contributed by atoms with Crippen molar-refractivity contribution in [3.8, 4) is 11.3 Å². The standard InChI is InChI=1S/C19H21ClN6O/c20-14-5-2-1-4-13(14)16-17-18(25-24-16)23-15(10-22-17)26-8-3-6-19(7-9-26)11-21-12-27-19/h1-2,4-5,10,21H,3,6-9,11-12H2,(H,23,24,25). The number of ether oxygens (including phenoxy) is 1. The molecule has 2 saturated heterocycles. The Morgan fingerprint density at radius 1 is 1.19 bits per heavy atom. The number of H-pyrrole nitrogens is 1. The molecule has 2 fully saturated rings. The fourth-order valence-corrected chi connectivity index (χ4v) is 4.26. The summed E-state index contributed by atoms with van der Waals surface area (Å²) in [4.78, 5) is 11.7. The summed E-state index contributed by atoms with van der Waals surface area (Å²) in [6, 6.07) is 7.64. The average molecular weight is 385 g/mol. The molecule has 140 valence electrons. The van der Waals surface area contributed by atoms with Crippen molar-refractivity contribution in [3.05, 3.63) is 35.5 Å². The van der Waals surface area contributed by atoms with Gasteiger partial charge in [-0.05, 0) is 25.3 Å². The first kappa shape index (κ1) is 16.9. The topological polar surface area (TPSA) is 79.0 Å². The molecule has 8 heteroatoms. The number of rotatable bonds is 2. The highest BCUT2D eigenvalue weighted by atomic mass is 35.5. The fraction of sp³-hybridized carbons (Fsp3) is 0.421. The second kappa shape index (κ2) is 6.74. The number of halogens is 1. The second-order valence-corrected chi connectivity index (χ2v) is 7.62. The van der Waals surface area contributed by atoms with Gasteiger partial charge in [0.1, 0.15) is 17.0 Å². The van der Waals surface area contributed by atoms with Crippen LogP contribution in [0.25, 0.3) is 22.4 Å². The highest BCUT2D eigenvalue weighted by Crippen LogP contribution is 2.32. The zero-order chi connectivity index (χ0) is 18.3. The van der Waals surface area contributed by atoms with E-state index in [9.17, 15) is 0 Å². The Morgan fingerprint density at radius 2 is 2.11 bits per heavy atom. The third-order valence-electron chi connectivity index (χ3n) is 5.54. The van der Waals surface area contributed by atoms with Crippen LogP contribution in [0.15, 0.2) is 30.5 Å². The molecule has 0 saturated carbocycles. The molecule has 7 nitrogen and oxygen atoms in total. The lowest BCUT2D eigenvalue weighted by molar-refractivity contribution is 0.00200. The molecule has 3 aromatic rings. The first-order valence-electron chi connectivity index (χ1n) is 9.30. The van der Waals surface area contributed by atoms with Crippen LogP contribution in [0.4, 0.5) is 5.82 Å². The Balaban J connectivity index is 1.43. The van der Waals surface area contributed by atoms with Crippen LogP contribution in [0.1, 0.15) is 19.3 Å². The van der Waals surface area contributed by atoms with Gasteiger partial charge < -0.3 is 9.64 Å². The molecule has 1 spiro atoms. The number of hydrogen-bond donors (Lipinski definition) is 2. The van der Waals surface area contributed by atoms with Gasteiger partial charge in [0.15, 0.2) is 5.65 Å². The largest absolute Gasteiger partial charge is 0.358 e. The maximum absolute atomic E-state index is 6.32. The Bertz CT molecular complexity index is 968. The summed E-state index contributed by atoms with van der Waals surface area (Å²) in [5.41, 5.74) is 2.99. The van der Waals surface area contributed by atoms with Crippen molar-refractivity contribution in [1.29, 1.82) is 0 Å². The maximum atomic E-state index is 6.32. The third kappa shape index (κ3) is 3.05. The minimum atomic E-state index is -0.0164. The molecule has 1 atom stereocenters.